The largest absolute Gasteiger partial charge is 0.481 e. The van der Waals surface area contributed by atoms with Gasteiger partial charge in [0.15, 0.2) is 0 Å². The van der Waals surface area contributed by atoms with Crippen molar-refractivity contribution < 1.29 is 29.0 Å². The summed E-state index contributed by atoms with van der Waals surface area (Å²) in [5.41, 5.74) is 3.77. The summed E-state index contributed by atoms with van der Waals surface area (Å²) in [6, 6.07) is 15.8. The van der Waals surface area contributed by atoms with E-state index in [2.05, 4.69) is 34.9 Å². The van der Waals surface area contributed by atoms with E-state index in [4.69, 9.17) is 14.6 Å². The van der Waals surface area contributed by atoms with Gasteiger partial charge in [0, 0.05) is 31.6 Å². The number of alkyl carbamates (subject to hydrolysis) is 1. The quantitative estimate of drug-likeness (QED) is 0.503. The predicted octanol–water partition coefficient (Wildman–Crippen LogP) is 3.83. The van der Waals surface area contributed by atoms with Crippen LogP contribution < -0.4 is 10.6 Å². The van der Waals surface area contributed by atoms with Crippen LogP contribution in [0.2, 0.25) is 0 Å². The minimum Gasteiger partial charge on any atom is -0.481 e. The lowest BCUT2D eigenvalue weighted by Crippen LogP contribution is -2.55. The second-order valence-corrected chi connectivity index (χ2v) is 9.29. The summed E-state index contributed by atoms with van der Waals surface area (Å²) in [4.78, 5) is 36.7. The number of ether oxygens (including phenoxy) is 2. The lowest BCUT2D eigenvalue weighted by molar-refractivity contribution is -0.137. The number of nitrogens with one attached hydrogen (secondary N) is 2. The SMILES string of the molecule is CC[C@H](CC(=O)O)NC(=O)CC1(NC(=O)OCC2c3ccccc3-c3ccccc32)CCOCC1. The molecule has 0 spiro atoms. The first-order valence-corrected chi connectivity index (χ1v) is 12.1. The molecule has 0 bridgehead atoms. The molecule has 1 heterocycles. The molecule has 2 aromatic rings. The second-order valence-electron chi connectivity index (χ2n) is 9.29. The summed E-state index contributed by atoms with van der Waals surface area (Å²) in [6.45, 7) is 2.86. The molecular weight excluding hydrogens is 448 g/mol. The molecule has 35 heavy (non-hydrogen) atoms. The molecule has 8 nitrogen and oxygen atoms in total. The van der Waals surface area contributed by atoms with E-state index in [1.165, 1.54) is 0 Å². The Kier molecular flexibility index (Phi) is 7.70. The van der Waals surface area contributed by atoms with Crippen LogP contribution in [0.5, 0.6) is 0 Å². The van der Waals surface area contributed by atoms with Crippen molar-refractivity contribution in [2.45, 2.75) is 56.5 Å². The third-order valence-electron chi connectivity index (χ3n) is 6.94. The molecule has 0 saturated carbocycles. The molecule has 2 aromatic carbocycles. The van der Waals surface area contributed by atoms with Crippen LogP contribution >= 0.6 is 0 Å². The number of rotatable bonds is 9. The second kappa shape index (κ2) is 10.9. The van der Waals surface area contributed by atoms with Gasteiger partial charge in [-0.3, -0.25) is 9.59 Å². The smallest absolute Gasteiger partial charge is 0.407 e. The van der Waals surface area contributed by atoms with Crippen molar-refractivity contribution in [1.82, 2.24) is 10.6 Å². The number of benzene rings is 2. The molecule has 0 radical (unpaired) electrons. The maximum atomic E-state index is 12.9. The Morgan fingerprint density at radius 1 is 1.06 bits per heavy atom. The molecule has 1 aliphatic heterocycles. The zero-order valence-electron chi connectivity index (χ0n) is 19.9. The highest BCUT2D eigenvalue weighted by molar-refractivity contribution is 5.80. The summed E-state index contributed by atoms with van der Waals surface area (Å²) < 4.78 is 11.2. The van der Waals surface area contributed by atoms with Crippen molar-refractivity contribution in [1.29, 1.82) is 0 Å². The Morgan fingerprint density at radius 3 is 2.23 bits per heavy atom. The van der Waals surface area contributed by atoms with E-state index in [1.54, 1.807) is 0 Å². The maximum Gasteiger partial charge on any atom is 0.407 e. The van der Waals surface area contributed by atoms with Crippen molar-refractivity contribution in [2.24, 2.45) is 0 Å². The molecule has 8 heteroatoms. The molecule has 4 rings (SSSR count). The molecule has 1 saturated heterocycles. The number of amides is 2. The average Bonchev–Trinajstić information content (AvgIpc) is 3.16. The number of carbonyl (C=O) groups excluding carboxylic acids is 2. The van der Waals surface area contributed by atoms with Crippen LogP contribution in [-0.4, -0.2) is 54.5 Å². The molecular formula is C27H32N2O6. The van der Waals surface area contributed by atoms with Gasteiger partial charge < -0.3 is 25.2 Å². The number of carboxylic acid groups (broad SMARTS) is 1. The van der Waals surface area contributed by atoms with E-state index in [1.807, 2.05) is 31.2 Å². The lowest BCUT2D eigenvalue weighted by Gasteiger charge is -2.37. The highest BCUT2D eigenvalue weighted by atomic mass is 16.5. The van der Waals surface area contributed by atoms with Crippen LogP contribution in [-0.2, 0) is 19.1 Å². The van der Waals surface area contributed by atoms with E-state index in [-0.39, 0.29) is 31.3 Å². The van der Waals surface area contributed by atoms with Gasteiger partial charge >= 0.3 is 12.1 Å². The van der Waals surface area contributed by atoms with E-state index in [0.717, 1.165) is 22.3 Å². The normalized spacial score (nSPS) is 17.1. The Labute approximate surface area is 205 Å². The highest BCUT2D eigenvalue weighted by Crippen LogP contribution is 2.44. The van der Waals surface area contributed by atoms with Crippen LogP contribution in [0.15, 0.2) is 48.5 Å². The summed E-state index contributed by atoms with van der Waals surface area (Å²) in [7, 11) is 0. The average molecular weight is 481 g/mol. The van der Waals surface area contributed by atoms with E-state index in [9.17, 15) is 14.4 Å². The fourth-order valence-electron chi connectivity index (χ4n) is 5.05. The van der Waals surface area contributed by atoms with Gasteiger partial charge in [0.25, 0.3) is 0 Å². The maximum absolute atomic E-state index is 12.9. The first kappa shape index (κ1) is 24.7. The van der Waals surface area contributed by atoms with Gasteiger partial charge in [-0.25, -0.2) is 4.79 Å². The standard InChI is InChI=1S/C27H32N2O6/c1-2-18(15-25(31)32)28-24(30)16-27(11-13-34-14-12-27)29-26(33)35-17-23-21-9-5-3-7-19(21)20-8-4-6-10-22(20)23/h3-10,18,23H,2,11-17H2,1H3,(H,28,30)(H,29,33)(H,31,32)/t18-/m1/s1. The first-order valence-electron chi connectivity index (χ1n) is 12.1. The first-order chi connectivity index (χ1) is 16.9. The molecule has 0 unspecified atom stereocenters. The van der Waals surface area contributed by atoms with Gasteiger partial charge in [-0.05, 0) is 41.5 Å². The Balaban J connectivity index is 1.40. The lowest BCUT2D eigenvalue weighted by atomic mass is 9.86. The van der Waals surface area contributed by atoms with Gasteiger partial charge in [-0.2, -0.15) is 0 Å². The third-order valence-corrected chi connectivity index (χ3v) is 6.94. The van der Waals surface area contributed by atoms with Crippen LogP contribution in [0.4, 0.5) is 4.79 Å². The molecule has 0 aromatic heterocycles. The molecule has 1 aliphatic carbocycles. The summed E-state index contributed by atoms with van der Waals surface area (Å²) in [5.74, 6) is -1.31. The molecule has 3 N–H and O–H groups in total. The fourth-order valence-corrected chi connectivity index (χ4v) is 5.05. The third kappa shape index (κ3) is 5.82. The molecule has 186 valence electrons. The summed E-state index contributed by atoms with van der Waals surface area (Å²) in [6.07, 6.45) is 0.780. The van der Waals surface area contributed by atoms with Crippen LogP contribution in [0.25, 0.3) is 11.1 Å². The number of aliphatic carboxylic acids is 1. The van der Waals surface area contributed by atoms with E-state index >= 15 is 0 Å². The van der Waals surface area contributed by atoms with Gasteiger partial charge in [0.2, 0.25) is 5.91 Å². The Morgan fingerprint density at radius 2 is 1.66 bits per heavy atom. The number of hydrogen-bond donors (Lipinski definition) is 3. The van der Waals surface area contributed by atoms with Crippen LogP contribution in [0.3, 0.4) is 0 Å². The number of carbonyl (C=O) groups is 3. The minimum absolute atomic E-state index is 0.0384. The predicted molar refractivity (Wildman–Crippen MR) is 130 cm³/mol. The van der Waals surface area contributed by atoms with E-state index < -0.39 is 23.6 Å². The number of fused-ring (bicyclic) bond motifs is 3. The Hall–Kier alpha value is -3.39. The number of carboxylic acids is 1. The highest BCUT2D eigenvalue weighted by Gasteiger charge is 2.38. The van der Waals surface area contributed by atoms with Crippen molar-refractivity contribution in [3.63, 3.8) is 0 Å². The zero-order valence-corrected chi connectivity index (χ0v) is 19.9. The zero-order chi connectivity index (χ0) is 24.8. The molecule has 2 amide bonds. The van der Waals surface area contributed by atoms with Crippen molar-refractivity contribution in [3.05, 3.63) is 59.7 Å². The van der Waals surface area contributed by atoms with Crippen molar-refractivity contribution >= 4 is 18.0 Å². The topological polar surface area (TPSA) is 114 Å². The fraction of sp³-hybridized carbons (Fsp3) is 0.444. The van der Waals surface area contributed by atoms with Gasteiger partial charge in [0.05, 0.1) is 12.0 Å². The monoisotopic (exact) mass is 480 g/mol. The molecule has 2 aliphatic rings. The van der Waals surface area contributed by atoms with Crippen molar-refractivity contribution in [2.75, 3.05) is 19.8 Å². The van der Waals surface area contributed by atoms with Crippen LogP contribution in [0.1, 0.15) is 56.1 Å². The molecule has 1 atom stereocenters. The van der Waals surface area contributed by atoms with Crippen molar-refractivity contribution in [3.8, 4) is 11.1 Å². The van der Waals surface area contributed by atoms with Gasteiger partial charge in [-0.1, -0.05) is 55.5 Å². The number of hydrogen-bond acceptors (Lipinski definition) is 5. The minimum atomic E-state index is -0.963. The summed E-state index contributed by atoms with van der Waals surface area (Å²) >= 11 is 0. The van der Waals surface area contributed by atoms with Crippen LogP contribution in [0, 0.1) is 0 Å². The Bertz CT molecular complexity index is 1030. The summed E-state index contributed by atoms with van der Waals surface area (Å²) in [5, 5.41) is 14.8. The molecule has 1 fully saturated rings. The van der Waals surface area contributed by atoms with E-state index in [0.29, 0.717) is 32.5 Å². The van der Waals surface area contributed by atoms with Gasteiger partial charge in [-0.15, -0.1) is 0 Å². The van der Waals surface area contributed by atoms with Gasteiger partial charge in [0.1, 0.15) is 6.61 Å².